The Labute approximate surface area is 128 Å². The third kappa shape index (κ3) is 4.31. The van der Waals surface area contributed by atoms with E-state index in [1.807, 2.05) is 12.1 Å². The average Bonchev–Trinajstić information content (AvgIpc) is 2.85. The number of rotatable bonds is 5. The molecule has 0 amide bonds. The lowest BCUT2D eigenvalue weighted by Gasteiger charge is -2.07. The lowest BCUT2D eigenvalue weighted by Crippen LogP contribution is -2.12. The third-order valence-corrected chi connectivity index (χ3v) is 3.90. The Kier molecular flexibility index (Phi) is 5.55. The van der Waals surface area contributed by atoms with E-state index in [1.165, 1.54) is 11.8 Å². The Morgan fingerprint density at radius 3 is 2.80 bits per heavy atom. The van der Waals surface area contributed by atoms with E-state index in [-0.39, 0.29) is 5.97 Å². The van der Waals surface area contributed by atoms with E-state index in [0.29, 0.717) is 16.5 Å². The maximum atomic E-state index is 11.7. The van der Waals surface area contributed by atoms with Crippen LogP contribution in [0.3, 0.4) is 0 Å². The predicted octanol–water partition coefficient (Wildman–Crippen LogP) is 3.49. The SMILES string of the molecule is CCCCOC(=O)c1ccc(NC2=NC(=S)SC2)cc1. The van der Waals surface area contributed by atoms with E-state index >= 15 is 0 Å². The summed E-state index contributed by atoms with van der Waals surface area (Å²) in [6, 6.07) is 7.17. The molecule has 1 aromatic carbocycles. The van der Waals surface area contributed by atoms with Crippen molar-refractivity contribution >= 4 is 45.8 Å². The minimum atomic E-state index is -0.278. The van der Waals surface area contributed by atoms with Gasteiger partial charge in [0.05, 0.1) is 17.9 Å². The van der Waals surface area contributed by atoms with Crippen LogP contribution in [0.5, 0.6) is 0 Å². The number of aliphatic imine (C=N–C) groups is 1. The monoisotopic (exact) mass is 308 g/mol. The smallest absolute Gasteiger partial charge is 0.338 e. The number of thiocarbonyl (C=S) groups is 1. The molecule has 0 aromatic heterocycles. The second-order valence-corrected chi connectivity index (χ2v) is 5.91. The van der Waals surface area contributed by atoms with E-state index in [4.69, 9.17) is 17.0 Å². The van der Waals surface area contributed by atoms with Crippen molar-refractivity contribution in [1.29, 1.82) is 0 Å². The molecule has 2 rings (SSSR count). The molecule has 0 saturated carbocycles. The summed E-state index contributed by atoms with van der Waals surface area (Å²) in [7, 11) is 0. The summed E-state index contributed by atoms with van der Waals surface area (Å²) in [6.45, 7) is 2.53. The summed E-state index contributed by atoms with van der Waals surface area (Å²) in [5, 5.41) is 3.18. The second-order valence-electron chi connectivity index (χ2n) is 4.30. The molecule has 6 heteroatoms. The van der Waals surface area contributed by atoms with Crippen molar-refractivity contribution in [3.8, 4) is 0 Å². The summed E-state index contributed by atoms with van der Waals surface area (Å²) in [6.07, 6.45) is 1.90. The first-order valence-electron chi connectivity index (χ1n) is 6.47. The maximum absolute atomic E-state index is 11.7. The first kappa shape index (κ1) is 15.0. The van der Waals surface area contributed by atoms with Crippen LogP contribution in [0.15, 0.2) is 29.3 Å². The van der Waals surface area contributed by atoms with Crippen molar-refractivity contribution in [1.82, 2.24) is 0 Å². The van der Waals surface area contributed by atoms with Crippen LogP contribution in [0.1, 0.15) is 30.1 Å². The molecular weight excluding hydrogens is 292 g/mol. The Morgan fingerprint density at radius 1 is 1.45 bits per heavy atom. The van der Waals surface area contributed by atoms with Gasteiger partial charge in [-0.05, 0) is 30.7 Å². The highest BCUT2D eigenvalue weighted by Gasteiger charge is 2.12. The highest BCUT2D eigenvalue weighted by molar-refractivity contribution is 8.23. The molecule has 1 N–H and O–H groups in total. The van der Waals surface area contributed by atoms with E-state index in [2.05, 4.69) is 17.2 Å². The van der Waals surface area contributed by atoms with Gasteiger partial charge in [0.25, 0.3) is 0 Å². The van der Waals surface area contributed by atoms with Gasteiger partial charge in [0.1, 0.15) is 5.84 Å². The number of carbonyl (C=O) groups excluding carboxylic acids is 1. The summed E-state index contributed by atoms with van der Waals surface area (Å²) in [4.78, 5) is 15.9. The second kappa shape index (κ2) is 7.40. The lowest BCUT2D eigenvalue weighted by molar-refractivity contribution is 0.0500. The first-order chi connectivity index (χ1) is 9.69. The van der Waals surface area contributed by atoms with E-state index in [9.17, 15) is 4.79 Å². The fourth-order valence-corrected chi connectivity index (χ4v) is 2.48. The Morgan fingerprint density at radius 2 is 2.20 bits per heavy atom. The number of benzene rings is 1. The molecule has 0 unspecified atom stereocenters. The molecule has 106 valence electrons. The van der Waals surface area contributed by atoms with Crippen molar-refractivity contribution in [3.63, 3.8) is 0 Å². The predicted molar refractivity (Wildman–Crippen MR) is 87.7 cm³/mol. The normalized spacial score (nSPS) is 14.1. The highest BCUT2D eigenvalue weighted by Crippen LogP contribution is 2.17. The van der Waals surface area contributed by atoms with Crippen LogP contribution in [0.25, 0.3) is 0 Å². The minimum absolute atomic E-state index is 0.278. The molecule has 0 fully saturated rings. The van der Waals surface area contributed by atoms with E-state index in [1.54, 1.807) is 12.1 Å². The van der Waals surface area contributed by atoms with Crippen molar-refractivity contribution in [3.05, 3.63) is 29.8 Å². The zero-order valence-corrected chi connectivity index (χ0v) is 12.9. The lowest BCUT2D eigenvalue weighted by atomic mass is 10.2. The van der Waals surface area contributed by atoms with Gasteiger partial charge in [-0.3, -0.25) is 0 Å². The average molecular weight is 308 g/mol. The van der Waals surface area contributed by atoms with Gasteiger partial charge in [0, 0.05) is 5.69 Å². The first-order valence-corrected chi connectivity index (χ1v) is 7.87. The molecule has 0 radical (unpaired) electrons. The Bertz CT molecular complexity index is 526. The molecule has 1 aliphatic rings. The summed E-state index contributed by atoms with van der Waals surface area (Å²) < 4.78 is 5.81. The van der Waals surface area contributed by atoms with Crippen LogP contribution in [0, 0.1) is 0 Å². The Balaban J connectivity index is 1.91. The number of thioether (sulfide) groups is 1. The van der Waals surface area contributed by atoms with E-state index in [0.717, 1.165) is 30.1 Å². The molecule has 20 heavy (non-hydrogen) atoms. The maximum Gasteiger partial charge on any atom is 0.338 e. The zero-order chi connectivity index (χ0) is 14.4. The number of carbonyl (C=O) groups is 1. The number of unbranched alkanes of at least 4 members (excludes halogenated alkanes) is 1. The number of ether oxygens (including phenoxy) is 1. The van der Waals surface area contributed by atoms with Crippen molar-refractivity contribution in [2.45, 2.75) is 19.8 Å². The summed E-state index contributed by atoms with van der Waals surface area (Å²) >= 11 is 6.53. The van der Waals surface area contributed by atoms with Gasteiger partial charge < -0.3 is 10.1 Å². The van der Waals surface area contributed by atoms with Crippen LogP contribution < -0.4 is 5.32 Å². The van der Waals surface area contributed by atoms with Crippen molar-refractivity contribution in [2.75, 3.05) is 17.7 Å². The van der Waals surface area contributed by atoms with Crippen molar-refractivity contribution in [2.24, 2.45) is 4.99 Å². The van der Waals surface area contributed by atoms with Gasteiger partial charge in [0.2, 0.25) is 0 Å². The Hall–Kier alpha value is -1.40. The molecule has 1 heterocycles. The van der Waals surface area contributed by atoms with Crippen LogP contribution in [0.2, 0.25) is 0 Å². The fraction of sp³-hybridized carbons (Fsp3) is 0.357. The van der Waals surface area contributed by atoms with Gasteiger partial charge in [-0.15, -0.1) is 0 Å². The number of amidine groups is 1. The molecule has 0 atom stereocenters. The molecule has 1 aromatic rings. The highest BCUT2D eigenvalue weighted by atomic mass is 32.2. The van der Waals surface area contributed by atoms with Crippen LogP contribution in [0.4, 0.5) is 5.69 Å². The topological polar surface area (TPSA) is 50.7 Å². The third-order valence-electron chi connectivity index (χ3n) is 2.70. The number of nitrogens with one attached hydrogen (secondary N) is 1. The molecule has 0 aliphatic carbocycles. The van der Waals surface area contributed by atoms with E-state index < -0.39 is 0 Å². The summed E-state index contributed by atoms with van der Waals surface area (Å²) in [5.74, 6) is 1.33. The van der Waals surface area contributed by atoms with Gasteiger partial charge in [-0.1, -0.05) is 37.3 Å². The molecule has 0 saturated heterocycles. The molecule has 0 bridgehead atoms. The molecule has 4 nitrogen and oxygen atoms in total. The number of anilines is 1. The van der Waals surface area contributed by atoms with Gasteiger partial charge in [0.15, 0.2) is 4.32 Å². The zero-order valence-electron chi connectivity index (χ0n) is 11.2. The summed E-state index contributed by atoms with van der Waals surface area (Å²) in [5.41, 5.74) is 1.45. The van der Waals surface area contributed by atoms with Gasteiger partial charge in [-0.25, -0.2) is 9.79 Å². The quantitative estimate of drug-likeness (QED) is 0.513. The van der Waals surface area contributed by atoms with Gasteiger partial charge in [-0.2, -0.15) is 0 Å². The molecular formula is C14H16N2O2S2. The fourth-order valence-electron chi connectivity index (χ4n) is 1.62. The van der Waals surface area contributed by atoms with Gasteiger partial charge >= 0.3 is 5.97 Å². The van der Waals surface area contributed by atoms with Crippen LogP contribution in [-0.4, -0.2) is 28.5 Å². The number of esters is 1. The number of hydrogen-bond acceptors (Lipinski definition) is 5. The molecule has 1 aliphatic heterocycles. The molecule has 0 spiro atoms. The van der Waals surface area contributed by atoms with Crippen LogP contribution in [-0.2, 0) is 4.74 Å². The van der Waals surface area contributed by atoms with Crippen LogP contribution >= 0.6 is 24.0 Å². The van der Waals surface area contributed by atoms with Crippen molar-refractivity contribution < 1.29 is 9.53 Å². The largest absolute Gasteiger partial charge is 0.462 e. The number of hydrogen-bond donors (Lipinski definition) is 1. The standard InChI is InChI=1S/C14H16N2O2S2/c1-2-3-8-18-13(17)10-4-6-11(7-5-10)15-12-9-20-14(19)16-12/h4-7H,2-3,8-9H2,1H3,(H,15,16,19). The number of nitrogens with zero attached hydrogens (tertiary/aromatic N) is 1. The minimum Gasteiger partial charge on any atom is -0.462 e.